The van der Waals surface area contributed by atoms with Crippen molar-refractivity contribution in [3.05, 3.63) is 36.2 Å². The van der Waals surface area contributed by atoms with E-state index in [1.54, 1.807) is 4.90 Å². The normalized spacial score (nSPS) is 18.4. The Kier molecular flexibility index (Phi) is 4.48. The van der Waals surface area contributed by atoms with Crippen LogP contribution in [0.2, 0.25) is 0 Å². The van der Waals surface area contributed by atoms with Gasteiger partial charge in [0.2, 0.25) is 17.6 Å². The van der Waals surface area contributed by atoms with Crippen molar-refractivity contribution in [2.75, 3.05) is 20.3 Å². The number of amides is 1. The van der Waals surface area contributed by atoms with E-state index in [4.69, 9.17) is 9.26 Å². The zero-order valence-electron chi connectivity index (χ0n) is 12.6. The molecule has 2 aromatic rings. The molecular formula is C16H19N3O3. The summed E-state index contributed by atoms with van der Waals surface area (Å²) in [6.07, 6.45) is 2.88. The first-order valence-corrected chi connectivity index (χ1v) is 7.47. The molecule has 0 radical (unpaired) electrons. The molecule has 1 fully saturated rings. The Morgan fingerprint density at radius 2 is 2.18 bits per heavy atom. The van der Waals surface area contributed by atoms with Crippen molar-refractivity contribution >= 4 is 5.91 Å². The summed E-state index contributed by atoms with van der Waals surface area (Å²) in [5, 5.41) is 4.05. The molecule has 1 atom stereocenters. The molecule has 2 heterocycles. The van der Waals surface area contributed by atoms with E-state index in [1.165, 1.54) is 7.11 Å². The molecule has 1 aromatic heterocycles. The van der Waals surface area contributed by atoms with Crippen LogP contribution in [-0.2, 0) is 9.53 Å². The summed E-state index contributed by atoms with van der Waals surface area (Å²) in [4.78, 5) is 18.4. The third-order valence-corrected chi connectivity index (χ3v) is 3.85. The highest BCUT2D eigenvalue weighted by molar-refractivity contribution is 5.78. The summed E-state index contributed by atoms with van der Waals surface area (Å²) in [5.41, 5.74) is 0.906. The van der Waals surface area contributed by atoms with Gasteiger partial charge in [0, 0.05) is 19.2 Å². The Labute approximate surface area is 129 Å². The number of carbonyl (C=O) groups excluding carboxylic acids is 1. The van der Waals surface area contributed by atoms with Crippen LogP contribution in [0.25, 0.3) is 11.4 Å². The van der Waals surface area contributed by atoms with E-state index in [1.807, 2.05) is 30.3 Å². The second kappa shape index (κ2) is 6.70. The van der Waals surface area contributed by atoms with Gasteiger partial charge in [-0.2, -0.15) is 4.98 Å². The minimum absolute atomic E-state index is 0.0355. The second-order valence-corrected chi connectivity index (χ2v) is 5.35. The smallest absolute Gasteiger partial charge is 0.249 e. The number of benzene rings is 1. The lowest BCUT2D eigenvalue weighted by atomic mass is 10.0. The quantitative estimate of drug-likeness (QED) is 0.867. The standard InChI is InChI=1S/C16H19N3O3/c1-21-11-14(20)19-10-6-5-9-13(19)16-17-15(18-22-16)12-7-3-2-4-8-12/h2-4,7-8,13H,5-6,9-11H2,1H3/t13-/m1/s1. The lowest BCUT2D eigenvalue weighted by Crippen LogP contribution is -2.40. The minimum Gasteiger partial charge on any atom is -0.375 e. The first kappa shape index (κ1) is 14.7. The highest BCUT2D eigenvalue weighted by Crippen LogP contribution is 2.31. The van der Waals surface area contributed by atoms with Gasteiger partial charge in [-0.1, -0.05) is 35.5 Å². The van der Waals surface area contributed by atoms with Crippen molar-refractivity contribution in [3.8, 4) is 11.4 Å². The molecule has 0 aliphatic carbocycles. The summed E-state index contributed by atoms with van der Waals surface area (Å²) < 4.78 is 10.4. The number of rotatable bonds is 4. The average Bonchev–Trinajstić information content (AvgIpc) is 3.06. The van der Waals surface area contributed by atoms with Crippen molar-refractivity contribution in [2.24, 2.45) is 0 Å². The Balaban J connectivity index is 1.82. The fraction of sp³-hybridized carbons (Fsp3) is 0.438. The zero-order valence-corrected chi connectivity index (χ0v) is 12.6. The fourth-order valence-corrected chi connectivity index (χ4v) is 2.77. The zero-order chi connectivity index (χ0) is 15.4. The van der Waals surface area contributed by atoms with Crippen LogP contribution in [0.15, 0.2) is 34.9 Å². The van der Waals surface area contributed by atoms with Crippen LogP contribution in [0, 0.1) is 0 Å². The van der Waals surface area contributed by atoms with E-state index in [2.05, 4.69) is 10.1 Å². The van der Waals surface area contributed by atoms with Gasteiger partial charge in [-0.3, -0.25) is 4.79 Å². The number of hydrogen-bond donors (Lipinski definition) is 0. The van der Waals surface area contributed by atoms with Crippen LogP contribution >= 0.6 is 0 Å². The van der Waals surface area contributed by atoms with Gasteiger partial charge >= 0.3 is 0 Å². The molecule has 0 bridgehead atoms. The van der Waals surface area contributed by atoms with E-state index in [0.717, 1.165) is 24.8 Å². The molecule has 3 rings (SSSR count). The predicted molar refractivity (Wildman–Crippen MR) is 79.9 cm³/mol. The molecule has 116 valence electrons. The van der Waals surface area contributed by atoms with Gasteiger partial charge in [-0.15, -0.1) is 0 Å². The van der Waals surface area contributed by atoms with Crippen LogP contribution in [0.4, 0.5) is 0 Å². The third-order valence-electron chi connectivity index (χ3n) is 3.85. The van der Waals surface area contributed by atoms with E-state index < -0.39 is 0 Å². The lowest BCUT2D eigenvalue weighted by molar-refractivity contribution is -0.139. The maximum Gasteiger partial charge on any atom is 0.249 e. The summed E-state index contributed by atoms with van der Waals surface area (Å²) in [5.74, 6) is 1.02. The number of aromatic nitrogens is 2. The maximum absolute atomic E-state index is 12.2. The van der Waals surface area contributed by atoms with Crippen LogP contribution in [0.1, 0.15) is 31.2 Å². The topological polar surface area (TPSA) is 68.5 Å². The number of methoxy groups -OCH3 is 1. The van der Waals surface area contributed by atoms with Crippen molar-refractivity contribution in [3.63, 3.8) is 0 Å². The molecule has 0 unspecified atom stereocenters. The Bertz CT molecular complexity index is 627. The number of piperidine rings is 1. The summed E-state index contributed by atoms with van der Waals surface area (Å²) >= 11 is 0. The Morgan fingerprint density at radius 1 is 1.36 bits per heavy atom. The number of nitrogens with zero attached hydrogens (tertiary/aromatic N) is 3. The maximum atomic E-state index is 12.2. The van der Waals surface area contributed by atoms with Gasteiger partial charge in [0.1, 0.15) is 12.6 Å². The highest BCUT2D eigenvalue weighted by Gasteiger charge is 2.32. The molecule has 22 heavy (non-hydrogen) atoms. The monoisotopic (exact) mass is 301 g/mol. The molecule has 1 amide bonds. The molecule has 1 aromatic carbocycles. The van der Waals surface area contributed by atoms with Crippen LogP contribution in [0.5, 0.6) is 0 Å². The number of likely N-dealkylation sites (tertiary alicyclic amines) is 1. The van der Waals surface area contributed by atoms with Gasteiger partial charge in [0.25, 0.3) is 0 Å². The van der Waals surface area contributed by atoms with E-state index in [-0.39, 0.29) is 18.6 Å². The van der Waals surface area contributed by atoms with E-state index in [9.17, 15) is 4.79 Å². The fourth-order valence-electron chi connectivity index (χ4n) is 2.77. The predicted octanol–water partition coefficient (Wildman–Crippen LogP) is 2.44. The van der Waals surface area contributed by atoms with E-state index in [0.29, 0.717) is 18.3 Å². The molecule has 0 saturated carbocycles. The highest BCUT2D eigenvalue weighted by atomic mass is 16.5. The molecule has 0 spiro atoms. The van der Waals surface area contributed by atoms with Gasteiger partial charge in [-0.25, -0.2) is 0 Å². The van der Waals surface area contributed by atoms with Gasteiger partial charge in [0.05, 0.1) is 0 Å². The lowest BCUT2D eigenvalue weighted by Gasteiger charge is -2.33. The first-order chi connectivity index (χ1) is 10.8. The Morgan fingerprint density at radius 3 is 2.95 bits per heavy atom. The Hall–Kier alpha value is -2.21. The van der Waals surface area contributed by atoms with Crippen LogP contribution < -0.4 is 0 Å². The summed E-state index contributed by atoms with van der Waals surface area (Å²) in [7, 11) is 1.52. The minimum atomic E-state index is -0.152. The van der Waals surface area contributed by atoms with Crippen LogP contribution in [0.3, 0.4) is 0 Å². The molecule has 1 aliphatic heterocycles. The number of hydrogen-bond acceptors (Lipinski definition) is 5. The third kappa shape index (κ3) is 3.01. The molecule has 0 N–H and O–H groups in total. The largest absolute Gasteiger partial charge is 0.375 e. The summed E-state index contributed by atoms with van der Waals surface area (Å²) in [6.45, 7) is 0.784. The van der Waals surface area contributed by atoms with Gasteiger partial charge < -0.3 is 14.2 Å². The summed E-state index contributed by atoms with van der Waals surface area (Å²) in [6, 6.07) is 9.52. The van der Waals surface area contributed by atoms with Crippen molar-refractivity contribution in [1.29, 1.82) is 0 Å². The van der Waals surface area contributed by atoms with Crippen molar-refractivity contribution < 1.29 is 14.1 Å². The van der Waals surface area contributed by atoms with E-state index >= 15 is 0 Å². The molecule has 6 heteroatoms. The molecule has 1 aliphatic rings. The van der Waals surface area contributed by atoms with Crippen molar-refractivity contribution in [1.82, 2.24) is 15.0 Å². The van der Waals surface area contributed by atoms with Crippen molar-refractivity contribution in [2.45, 2.75) is 25.3 Å². The average molecular weight is 301 g/mol. The first-order valence-electron chi connectivity index (χ1n) is 7.47. The molecule has 1 saturated heterocycles. The van der Waals surface area contributed by atoms with Gasteiger partial charge in [0.15, 0.2) is 0 Å². The molecular weight excluding hydrogens is 282 g/mol. The SMILES string of the molecule is COCC(=O)N1CCCC[C@@H]1c1nc(-c2ccccc2)no1. The second-order valence-electron chi connectivity index (χ2n) is 5.35. The van der Waals surface area contributed by atoms with Crippen LogP contribution in [-0.4, -0.2) is 41.2 Å². The number of ether oxygens (including phenoxy) is 1. The van der Waals surface area contributed by atoms with Gasteiger partial charge in [-0.05, 0) is 19.3 Å². The molecule has 6 nitrogen and oxygen atoms in total. The number of carbonyl (C=O) groups is 1.